The van der Waals surface area contributed by atoms with Gasteiger partial charge in [-0.1, -0.05) is 52.7 Å². The van der Waals surface area contributed by atoms with Crippen molar-refractivity contribution in [2.24, 2.45) is 11.8 Å². The van der Waals surface area contributed by atoms with Crippen molar-refractivity contribution < 1.29 is 23.9 Å². The van der Waals surface area contributed by atoms with Crippen molar-refractivity contribution in [3.05, 3.63) is 29.8 Å². The molecule has 0 aromatic heterocycles. The van der Waals surface area contributed by atoms with Crippen LogP contribution in [0.1, 0.15) is 83.0 Å². The first-order valence-electron chi connectivity index (χ1n) is 13.9. The Kier molecular flexibility index (Phi) is 13.1. The molecular weight excluding hydrogens is 484 g/mol. The number of rotatable bonds is 5. The van der Waals surface area contributed by atoms with Crippen LogP contribution in [0.5, 0.6) is 5.75 Å². The van der Waals surface area contributed by atoms with Crippen LogP contribution < -0.4 is 20.7 Å². The highest BCUT2D eigenvalue weighted by Crippen LogP contribution is 2.19. The smallest absolute Gasteiger partial charge is 0.255 e. The minimum Gasteiger partial charge on any atom is -0.493 e. The molecule has 212 valence electrons. The highest BCUT2D eigenvalue weighted by molar-refractivity contribution is 5.99. The van der Waals surface area contributed by atoms with Gasteiger partial charge in [-0.15, -0.1) is 0 Å². The van der Waals surface area contributed by atoms with Gasteiger partial charge >= 0.3 is 0 Å². The highest BCUT2D eigenvalue weighted by atomic mass is 16.5. The molecule has 1 aromatic carbocycles. The molecule has 1 heterocycles. The van der Waals surface area contributed by atoms with E-state index in [-0.39, 0.29) is 42.4 Å². The Morgan fingerprint density at radius 2 is 1.74 bits per heavy atom. The predicted molar refractivity (Wildman–Crippen MR) is 148 cm³/mol. The minimum atomic E-state index is -0.913. The van der Waals surface area contributed by atoms with E-state index in [0.29, 0.717) is 37.4 Å². The summed E-state index contributed by atoms with van der Waals surface area (Å²) < 4.78 is 5.91. The number of hydrogen-bond acceptors (Lipinski definition) is 5. The molecule has 4 amide bonds. The van der Waals surface area contributed by atoms with Gasteiger partial charge in [0.25, 0.3) is 5.91 Å². The van der Waals surface area contributed by atoms with Crippen molar-refractivity contribution in [3.63, 3.8) is 0 Å². The van der Waals surface area contributed by atoms with Crippen LogP contribution in [0.25, 0.3) is 0 Å². The lowest BCUT2D eigenvalue weighted by Crippen LogP contribution is -2.50. The van der Waals surface area contributed by atoms with Gasteiger partial charge in [0.15, 0.2) is 0 Å². The maximum Gasteiger partial charge on any atom is 0.255 e. The van der Waals surface area contributed by atoms with Crippen LogP contribution in [0.15, 0.2) is 24.3 Å². The summed E-state index contributed by atoms with van der Waals surface area (Å²) in [5, 5.41) is 8.55. The van der Waals surface area contributed by atoms with Crippen molar-refractivity contribution in [2.45, 2.75) is 84.7 Å². The molecule has 0 spiro atoms. The average Bonchev–Trinajstić information content (AvgIpc) is 2.87. The number of amides is 4. The fourth-order valence-corrected chi connectivity index (χ4v) is 4.31. The van der Waals surface area contributed by atoms with E-state index in [1.54, 1.807) is 36.2 Å². The lowest BCUT2D eigenvalue weighted by molar-refractivity contribution is -0.136. The number of para-hydroxylation sites is 1. The second-order valence-electron chi connectivity index (χ2n) is 11.0. The summed E-state index contributed by atoms with van der Waals surface area (Å²) in [6, 6.07) is 5.43. The first-order valence-corrected chi connectivity index (χ1v) is 13.9. The van der Waals surface area contributed by atoms with E-state index >= 15 is 0 Å². The van der Waals surface area contributed by atoms with Gasteiger partial charge in [0, 0.05) is 26.6 Å². The summed E-state index contributed by atoms with van der Waals surface area (Å²) >= 11 is 0. The lowest BCUT2D eigenvalue weighted by atomic mass is 10.0. The summed E-state index contributed by atoms with van der Waals surface area (Å²) in [5.41, 5.74) is 0.348. The van der Waals surface area contributed by atoms with E-state index in [4.69, 9.17) is 4.74 Å². The third-order valence-corrected chi connectivity index (χ3v) is 6.46. The third kappa shape index (κ3) is 10.7. The number of benzene rings is 1. The van der Waals surface area contributed by atoms with Gasteiger partial charge in [0.2, 0.25) is 17.7 Å². The topological polar surface area (TPSA) is 117 Å². The van der Waals surface area contributed by atoms with E-state index < -0.39 is 18.0 Å². The molecule has 0 bridgehead atoms. The SMILES string of the molecule is CC(C)CNC(=O)[C@@H]1CCC(=O)N[C@@H](CC(C)C)C(=O)N(C)CCCCCCOc2ccccc2C(=O)N1. The Morgan fingerprint density at radius 3 is 2.45 bits per heavy atom. The summed E-state index contributed by atoms with van der Waals surface area (Å²) in [7, 11) is 1.77. The van der Waals surface area contributed by atoms with Crippen molar-refractivity contribution in [1.82, 2.24) is 20.9 Å². The first-order chi connectivity index (χ1) is 18.1. The quantitative estimate of drug-likeness (QED) is 0.540. The molecule has 2 rings (SSSR count). The van der Waals surface area contributed by atoms with Crippen LogP contribution in [-0.4, -0.2) is 67.4 Å². The normalized spacial score (nSPS) is 20.9. The molecule has 0 saturated heterocycles. The molecule has 0 saturated carbocycles. The lowest BCUT2D eigenvalue weighted by Gasteiger charge is -2.26. The molecule has 1 aromatic rings. The van der Waals surface area contributed by atoms with Crippen LogP contribution in [0.4, 0.5) is 0 Å². The van der Waals surface area contributed by atoms with E-state index in [1.165, 1.54) is 0 Å². The molecule has 2 atom stereocenters. The molecule has 0 fully saturated rings. The fourth-order valence-electron chi connectivity index (χ4n) is 4.31. The number of ether oxygens (including phenoxy) is 1. The predicted octanol–water partition coefficient (Wildman–Crippen LogP) is 3.28. The molecule has 1 aliphatic heterocycles. The van der Waals surface area contributed by atoms with Crippen LogP contribution >= 0.6 is 0 Å². The molecule has 38 heavy (non-hydrogen) atoms. The molecule has 3 N–H and O–H groups in total. The van der Waals surface area contributed by atoms with E-state index in [2.05, 4.69) is 16.0 Å². The highest BCUT2D eigenvalue weighted by Gasteiger charge is 2.27. The Balaban J connectivity index is 2.27. The Hall–Kier alpha value is -3.10. The van der Waals surface area contributed by atoms with Gasteiger partial charge < -0.3 is 25.6 Å². The number of fused-ring (bicyclic) bond motifs is 1. The third-order valence-electron chi connectivity index (χ3n) is 6.46. The van der Waals surface area contributed by atoms with E-state index in [0.717, 1.165) is 25.7 Å². The van der Waals surface area contributed by atoms with Crippen LogP contribution in [0, 0.1) is 11.8 Å². The average molecular weight is 531 g/mol. The van der Waals surface area contributed by atoms with Gasteiger partial charge in [0.05, 0.1) is 12.2 Å². The molecule has 0 radical (unpaired) electrons. The van der Waals surface area contributed by atoms with Crippen LogP contribution in [-0.2, 0) is 14.4 Å². The first kappa shape index (κ1) is 31.1. The number of nitrogens with one attached hydrogen (secondary N) is 3. The van der Waals surface area contributed by atoms with Crippen LogP contribution in [0.3, 0.4) is 0 Å². The summed E-state index contributed by atoms with van der Waals surface area (Å²) in [5.74, 6) is -0.304. The largest absolute Gasteiger partial charge is 0.493 e. The fraction of sp³-hybridized carbons (Fsp3) is 0.655. The summed E-state index contributed by atoms with van der Waals surface area (Å²) in [6.07, 6.45) is 4.17. The Bertz CT molecular complexity index is 933. The van der Waals surface area contributed by atoms with E-state index in [9.17, 15) is 19.2 Å². The van der Waals surface area contributed by atoms with Crippen molar-refractivity contribution in [1.29, 1.82) is 0 Å². The number of hydrogen-bond donors (Lipinski definition) is 3. The molecule has 0 unspecified atom stereocenters. The van der Waals surface area contributed by atoms with Crippen molar-refractivity contribution >= 4 is 23.6 Å². The molecular formula is C29H46N4O5. The monoisotopic (exact) mass is 530 g/mol. The van der Waals surface area contributed by atoms with Gasteiger partial charge in [-0.2, -0.15) is 0 Å². The van der Waals surface area contributed by atoms with Crippen molar-refractivity contribution in [2.75, 3.05) is 26.7 Å². The standard InChI is InChI=1S/C29H46N4O5/c1-20(2)18-24-29(37)33(5)16-10-6-7-11-17-38-25-13-9-8-12-22(25)27(35)32-23(14-15-26(34)31-24)28(36)30-19-21(3)4/h8-9,12-13,20-21,23-24H,6-7,10-11,14-19H2,1-5H3,(H,30,36)(H,31,34)(H,32,35)/t23-,24-/m0/s1. The molecule has 9 heteroatoms. The number of carbonyl (C=O) groups is 4. The van der Waals surface area contributed by atoms with Crippen LogP contribution in [0.2, 0.25) is 0 Å². The van der Waals surface area contributed by atoms with E-state index in [1.807, 2.05) is 27.7 Å². The number of likely N-dealkylation sites (N-methyl/N-ethyl adjacent to an activating group) is 1. The van der Waals surface area contributed by atoms with Gasteiger partial charge in [-0.25, -0.2) is 0 Å². The second-order valence-corrected chi connectivity index (χ2v) is 11.0. The zero-order chi connectivity index (χ0) is 28.1. The number of carbonyl (C=O) groups excluding carboxylic acids is 4. The maximum absolute atomic E-state index is 13.2. The summed E-state index contributed by atoms with van der Waals surface area (Å²) in [6.45, 7) is 9.52. The maximum atomic E-state index is 13.2. The molecule has 9 nitrogen and oxygen atoms in total. The summed E-state index contributed by atoms with van der Waals surface area (Å²) in [4.78, 5) is 53.9. The number of nitrogens with zero attached hydrogens (tertiary/aromatic N) is 1. The van der Waals surface area contributed by atoms with Gasteiger partial charge in [0.1, 0.15) is 17.8 Å². The Morgan fingerprint density at radius 1 is 1.03 bits per heavy atom. The zero-order valence-electron chi connectivity index (χ0n) is 23.7. The molecule has 0 aliphatic carbocycles. The molecule has 1 aliphatic rings. The minimum absolute atomic E-state index is 0.0101. The second kappa shape index (κ2) is 16.0. The van der Waals surface area contributed by atoms with Gasteiger partial charge in [-0.05, 0) is 49.7 Å². The van der Waals surface area contributed by atoms with Crippen molar-refractivity contribution in [3.8, 4) is 5.75 Å². The van der Waals surface area contributed by atoms with Gasteiger partial charge in [-0.3, -0.25) is 19.2 Å². The Labute approximate surface area is 227 Å². The zero-order valence-corrected chi connectivity index (χ0v) is 23.7.